The maximum Gasteiger partial charge on any atom is 0.257 e. The summed E-state index contributed by atoms with van der Waals surface area (Å²) in [5, 5.41) is 12.7. The van der Waals surface area contributed by atoms with E-state index < -0.39 is 11.6 Å². The summed E-state index contributed by atoms with van der Waals surface area (Å²) in [7, 11) is 0. The van der Waals surface area contributed by atoms with Crippen LogP contribution in [0.1, 0.15) is 57.6 Å². The van der Waals surface area contributed by atoms with Crippen LogP contribution in [0.2, 0.25) is 0 Å². The number of rotatable bonds is 8. The second-order valence-corrected chi connectivity index (χ2v) is 12.8. The first kappa shape index (κ1) is 29.3. The monoisotopic (exact) mass is 652 g/mol. The number of carbonyl (C=O) groups is 1. The zero-order valence-corrected chi connectivity index (χ0v) is 26.0. The first-order valence-electron chi connectivity index (χ1n) is 15.3. The molecule has 2 aliphatic heterocycles. The van der Waals surface area contributed by atoms with Gasteiger partial charge in [0.2, 0.25) is 11.8 Å². The molecule has 1 atom stereocenters. The molecule has 0 saturated carbocycles. The van der Waals surface area contributed by atoms with Gasteiger partial charge in [0, 0.05) is 36.7 Å². The number of benzene rings is 2. The van der Waals surface area contributed by atoms with Crippen LogP contribution in [0.15, 0.2) is 65.2 Å². The molecule has 236 valence electrons. The Kier molecular flexibility index (Phi) is 7.24. The fraction of sp³-hybridized carbons (Fsp3) is 0.229. The first-order valence-corrected chi connectivity index (χ1v) is 16.1. The average molecular weight is 653 g/mol. The molecule has 47 heavy (non-hydrogen) atoms. The van der Waals surface area contributed by atoms with Gasteiger partial charge in [0.15, 0.2) is 11.6 Å². The number of thiophene rings is 1. The van der Waals surface area contributed by atoms with Crippen molar-refractivity contribution >= 4 is 33.1 Å². The Hall–Kier alpha value is -5.10. The number of pyridine rings is 2. The summed E-state index contributed by atoms with van der Waals surface area (Å²) < 4.78 is 47.9. The Morgan fingerprint density at radius 1 is 0.957 bits per heavy atom. The summed E-state index contributed by atoms with van der Waals surface area (Å²) in [5.41, 5.74) is 4.84. The summed E-state index contributed by atoms with van der Waals surface area (Å²) >= 11 is 1.47. The molecule has 1 saturated heterocycles. The van der Waals surface area contributed by atoms with Gasteiger partial charge in [-0.15, -0.1) is 21.5 Å². The average Bonchev–Trinajstić information content (AvgIpc) is 3.87. The Morgan fingerprint density at radius 2 is 1.79 bits per heavy atom. The Bertz CT molecular complexity index is 2180. The molecule has 0 spiro atoms. The van der Waals surface area contributed by atoms with Crippen LogP contribution in [-0.2, 0) is 19.4 Å². The number of nitrogens with one attached hydrogen (secondary N) is 1. The van der Waals surface area contributed by atoms with Gasteiger partial charge in [0.1, 0.15) is 11.6 Å². The summed E-state index contributed by atoms with van der Waals surface area (Å²) in [6.07, 6.45) is 4.50. The van der Waals surface area contributed by atoms with Crippen LogP contribution in [0.25, 0.3) is 32.0 Å². The normalized spacial score (nSPS) is 15.4. The minimum Gasteiger partial charge on any atom is -0.421 e. The van der Waals surface area contributed by atoms with Crippen LogP contribution >= 0.6 is 11.3 Å². The first-order chi connectivity index (χ1) is 22.8. The molecule has 0 aliphatic carbocycles. The highest BCUT2D eigenvalue weighted by Gasteiger charge is 2.44. The molecule has 8 rings (SSSR count). The number of hydrogen-bond donors (Lipinski definition) is 1. The number of carbonyl (C=O) groups excluding carboxylic acids is 1. The number of hydrogen-bond acceptors (Lipinski definition) is 8. The van der Waals surface area contributed by atoms with Crippen molar-refractivity contribution < 1.29 is 22.4 Å². The molecule has 1 amide bonds. The van der Waals surface area contributed by atoms with Gasteiger partial charge in [-0.05, 0) is 78.6 Å². The highest BCUT2D eigenvalue weighted by molar-refractivity contribution is 7.23. The van der Waals surface area contributed by atoms with Crippen molar-refractivity contribution in [1.29, 1.82) is 0 Å². The number of amides is 1. The second-order valence-electron chi connectivity index (χ2n) is 11.8. The van der Waals surface area contributed by atoms with E-state index in [0.29, 0.717) is 53.3 Å². The van der Waals surface area contributed by atoms with Gasteiger partial charge >= 0.3 is 0 Å². The van der Waals surface area contributed by atoms with E-state index in [1.165, 1.54) is 29.5 Å². The number of halogens is 3. The highest BCUT2D eigenvalue weighted by atomic mass is 32.1. The topological polar surface area (TPSA) is 97.0 Å². The molecule has 8 nitrogen and oxygen atoms in total. The van der Waals surface area contributed by atoms with Crippen molar-refractivity contribution in [2.24, 2.45) is 0 Å². The Morgan fingerprint density at radius 3 is 2.57 bits per heavy atom. The van der Waals surface area contributed by atoms with Gasteiger partial charge in [0.05, 0.1) is 33.3 Å². The lowest BCUT2D eigenvalue weighted by Gasteiger charge is -2.16. The Labute approximate surface area is 271 Å². The van der Waals surface area contributed by atoms with Crippen molar-refractivity contribution in [3.63, 3.8) is 0 Å². The Balaban J connectivity index is 1.28. The van der Waals surface area contributed by atoms with Gasteiger partial charge in [0.25, 0.3) is 5.91 Å². The maximum atomic E-state index is 14.1. The van der Waals surface area contributed by atoms with E-state index in [-0.39, 0.29) is 30.2 Å². The van der Waals surface area contributed by atoms with Crippen LogP contribution in [0, 0.1) is 24.4 Å². The number of aromatic nitrogens is 4. The number of fused-ring (bicyclic) bond motifs is 4. The molecule has 2 aliphatic rings. The standard InChI is InChI=1S/C35H27F3N6O2S/c1-18-42-43-34(46-18)28-25(11-7-19-4-8-22(36)9-5-19)41-31-26-3-2-14-44(26)35(45)30(31)29(28)27-16-21-12-13-39-33(32(21)47-27)40-17-20-6-10-23(37)24(38)15-20/h4-6,8-10,12-13,15-16,26H,2-3,7,11,14,17H2,1H3,(H,39,40). The maximum absolute atomic E-state index is 14.1. The van der Waals surface area contributed by atoms with Gasteiger partial charge in [-0.2, -0.15) is 0 Å². The van der Waals surface area contributed by atoms with E-state index in [1.54, 1.807) is 25.3 Å². The van der Waals surface area contributed by atoms with Crippen LogP contribution in [0.4, 0.5) is 19.0 Å². The quantitative estimate of drug-likeness (QED) is 0.179. The van der Waals surface area contributed by atoms with Gasteiger partial charge in [-0.3, -0.25) is 9.78 Å². The number of anilines is 1. The highest BCUT2D eigenvalue weighted by Crippen LogP contribution is 2.50. The lowest BCUT2D eigenvalue weighted by atomic mass is 9.93. The molecule has 0 bridgehead atoms. The third-order valence-corrected chi connectivity index (χ3v) is 9.95. The van der Waals surface area contributed by atoms with Crippen molar-refractivity contribution in [3.05, 3.63) is 112 Å². The molecule has 4 aromatic heterocycles. The van der Waals surface area contributed by atoms with E-state index >= 15 is 0 Å². The zero-order chi connectivity index (χ0) is 32.2. The lowest BCUT2D eigenvalue weighted by molar-refractivity contribution is 0.0776. The smallest absolute Gasteiger partial charge is 0.257 e. The fourth-order valence-corrected chi connectivity index (χ4v) is 7.75. The van der Waals surface area contributed by atoms with E-state index in [1.807, 2.05) is 17.0 Å². The molecule has 1 fully saturated rings. The summed E-state index contributed by atoms with van der Waals surface area (Å²) in [4.78, 5) is 26.5. The molecular formula is C35H27F3N6O2S. The van der Waals surface area contributed by atoms with Crippen molar-refractivity contribution in [2.75, 3.05) is 11.9 Å². The van der Waals surface area contributed by atoms with E-state index in [9.17, 15) is 18.0 Å². The van der Waals surface area contributed by atoms with Crippen LogP contribution in [0.3, 0.4) is 0 Å². The van der Waals surface area contributed by atoms with Crippen molar-refractivity contribution in [2.45, 2.75) is 45.2 Å². The van der Waals surface area contributed by atoms with Crippen LogP contribution < -0.4 is 5.32 Å². The third kappa shape index (κ3) is 5.22. The molecular weight excluding hydrogens is 625 g/mol. The molecule has 1 unspecified atom stereocenters. The minimum absolute atomic E-state index is 0.0696. The molecule has 6 aromatic rings. The van der Waals surface area contributed by atoms with Crippen molar-refractivity contribution in [1.82, 2.24) is 25.1 Å². The predicted molar refractivity (Wildman–Crippen MR) is 171 cm³/mol. The molecule has 0 radical (unpaired) electrons. The molecule has 12 heteroatoms. The van der Waals surface area contributed by atoms with Crippen LogP contribution in [-0.4, -0.2) is 37.5 Å². The second kappa shape index (κ2) is 11.6. The third-order valence-electron chi connectivity index (χ3n) is 8.77. The van der Waals surface area contributed by atoms with Gasteiger partial charge in [-0.25, -0.2) is 18.2 Å². The summed E-state index contributed by atoms with van der Waals surface area (Å²) in [5.74, 6) is -0.953. The summed E-state index contributed by atoms with van der Waals surface area (Å²) in [6.45, 7) is 2.61. The van der Waals surface area contributed by atoms with E-state index in [0.717, 1.165) is 56.9 Å². The largest absolute Gasteiger partial charge is 0.421 e. The molecule has 6 heterocycles. The van der Waals surface area contributed by atoms with E-state index in [4.69, 9.17) is 9.40 Å². The fourth-order valence-electron chi connectivity index (χ4n) is 6.57. The number of aryl methyl sites for hydroxylation is 3. The molecule has 1 N–H and O–H groups in total. The minimum atomic E-state index is -0.912. The SMILES string of the molecule is Cc1nnc(-c2c(CCc3ccc(F)cc3)nc3c(c2-c2cc4ccnc(NCc5ccc(F)c(F)c5)c4s2)C(=O)N2CCCC32)o1. The predicted octanol–water partition coefficient (Wildman–Crippen LogP) is 7.82. The van der Waals surface area contributed by atoms with Gasteiger partial charge < -0.3 is 14.6 Å². The van der Waals surface area contributed by atoms with E-state index in [2.05, 4.69) is 20.5 Å². The number of nitrogens with zero attached hydrogens (tertiary/aromatic N) is 5. The lowest BCUT2D eigenvalue weighted by Crippen LogP contribution is -2.22. The van der Waals surface area contributed by atoms with Crippen LogP contribution in [0.5, 0.6) is 0 Å². The molecule has 2 aromatic carbocycles. The summed E-state index contributed by atoms with van der Waals surface area (Å²) in [6, 6.07) is 14.0. The zero-order valence-electron chi connectivity index (χ0n) is 25.2. The van der Waals surface area contributed by atoms with Crippen molar-refractivity contribution in [3.8, 4) is 21.9 Å². The van der Waals surface area contributed by atoms with Gasteiger partial charge in [-0.1, -0.05) is 18.2 Å².